The molecule has 20 heavy (non-hydrogen) atoms. The maximum absolute atomic E-state index is 5.74. The average Bonchev–Trinajstić information content (AvgIpc) is 2.48. The lowest BCUT2D eigenvalue weighted by molar-refractivity contribution is 0.137. The van der Waals surface area contributed by atoms with Crippen molar-refractivity contribution in [3.05, 3.63) is 29.3 Å². The molecule has 0 saturated carbocycles. The van der Waals surface area contributed by atoms with Crippen LogP contribution >= 0.6 is 0 Å². The summed E-state index contributed by atoms with van der Waals surface area (Å²) in [5.41, 5.74) is 2.86. The van der Waals surface area contributed by atoms with Crippen LogP contribution in [-0.2, 0) is 6.42 Å². The highest BCUT2D eigenvalue weighted by molar-refractivity contribution is 5.39. The first-order chi connectivity index (χ1) is 9.75. The highest BCUT2D eigenvalue weighted by Crippen LogP contribution is 2.33. The van der Waals surface area contributed by atoms with Gasteiger partial charge in [0, 0.05) is 32.2 Å². The number of nitrogens with zero attached hydrogens (tertiary/aromatic N) is 1. The highest BCUT2D eigenvalue weighted by Gasteiger charge is 2.26. The summed E-state index contributed by atoms with van der Waals surface area (Å²) in [6.45, 7) is 10.1. The normalized spacial score (nSPS) is 21.4. The Hall–Kier alpha value is -1.06. The van der Waals surface area contributed by atoms with Crippen molar-refractivity contribution in [2.45, 2.75) is 32.7 Å². The van der Waals surface area contributed by atoms with Crippen molar-refractivity contribution in [3.63, 3.8) is 0 Å². The van der Waals surface area contributed by atoms with E-state index in [4.69, 9.17) is 4.74 Å². The second kappa shape index (κ2) is 6.15. The molecule has 2 heterocycles. The molecule has 1 unspecified atom stereocenters. The molecular formula is C17H26N2O. The maximum Gasteiger partial charge on any atom is 0.122 e. The van der Waals surface area contributed by atoms with E-state index in [-0.39, 0.29) is 0 Å². The molecule has 3 nitrogen and oxygen atoms in total. The predicted octanol–water partition coefficient (Wildman–Crippen LogP) is 2.61. The van der Waals surface area contributed by atoms with Gasteiger partial charge >= 0.3 is 0 Å². The molecule has 1 N–H and O–H groups in total. The van der Waals surface area contributed by atoms with Gasteiger partial charge in [0.1, 0.15) is 5.75 Å². The standard InChI is InChI=1S/C17H26N2O/c1-13(2)17(19-9-7-18-8-10-19)15-5-6-16-14(12-15)4-3-11-20-16/h5-6,12-13,17-18H,3-4,7-11H2,1-2H3. The van der Waals surface area contributed by atoms with E-state index >= 15 is 0 Å². The highest BCUT2D eigenvalue weighted by atomic mass is 16.5. The van der Waals surface area contributed by atoms with E-state index in [1.807, 2.05) is 0 Å². The smallest absolute Gasteiger partial charge is 0.122 e. The first-order valence-corrected chi connectivity index (χ1v) is 7.96. The van der Waals surface area contributed by atoms with Crippen LogP contribution in [0.5, 0.6) is 5.75 Å². The number of hydrogen-bond donors (Lipinski definition) is 1. The molecule has 0 amide bonds. The zero-order valence-corrected chi connectivity index (χ0v) is 12.7. The van der Waals surface area contributed by atoms with Gasteiger partial charge in [-0.25, -0.2) is 0 Å². The van der Waals surface area contributed by atoms with E-state index in [0.717, 1.165) is 51.4 Å². The van der Waals surface area contributed by atoms with E-state index in [0.29, 0.717) is 12.0 Å². The van der Waals surface area contributed by atoms with Crippen molar-refractivity contribution >= 4 is 0 Å². The van der Waals surface area contributed by atoms with Crippen molar-refractivity contribution in [2.75, 3.05) is 32.8 Å². The molecular weight excluding hydrogens is 248 g/mol. The molecule has 0 aromatic heterocycles. The van der Waals surface area contributed by atoms with Gasteiger partial charge in [0.2, 0.25) is 0 Å². The molecule has 110 valence electrons. The van der Waals surface area contributed by atoms with Crippen LogP contribution in [0.3, 0.4) is 0 Å². The van der Waals surface area contributed by atoms with Gasteiger partial charge in [0.05, 0.1) is 6.61 Å². The van der Waals surface area contributed by atoms with Crippen LogP contribution in [0.4, 0.5) is 0 Å². The number of aryl methyl sites for hydroxylation is 1. The first kappa shape index (κ1) is 13.9. The lowest BCUT2D eigenvalue weighted by Crippen LogP contribution is -2.46. The molecule has 1 fully saturated rings. The number of nitrogens with one attached hydrogen (secondary N) is 1. The Bertz CT molecular complexity index is 452. The summed E-state index contributed by atoms with van der Waals surface area (Å²) in [6.07, 6.45) is 2.31. The van der Waals surface area contributed by atoms with E-state index in [1.165, 1.54) is 11.1 Å². The molecule has 1 aromatic rings. The van der Waals surface area contributed by atoms with E-state index in [2.05, 4.69) is 42.3 Å². The van der Waals surface area contributed by atoms with Crippen LogP contribution in [0.1, 0.15) is 37.4 Å². The van der Waals surface area contributed by atoms with Crippen LogP contribution in [0.2, 0.25) is 0 Å². The zero-order valence-electron chi connectivity index (χ0n) is 12.7. The van der Waals surface area contributed by atoms with Crippen LogP contribution in [0, 0.1) is 5.92 Å². The third kappa shape index (κ3) is 2.84. The summed E-state index contributed by atoms with van der Waals surface area (Å²) in [6, 6.07) is 7.38. The Labute approximate surface area is 122 Å². The van der Waals surface area contributed by atoms with Crippen molar-refractivity contribution in [2.24, 2.45) is 5.92 Å². The van der Waals surface area contributed by atoms with Crippen molar-refractivity contribution in [3.8, 4) is 5.75 Å². The molecule has 0 aliphatic carbocycles. The van der Waals surface area contributed by atoms with Gasteiger partial charge in [-0.3, -0.25) is 4.90 Å². The van der Waals surface area contributed by atoms with Gasteiger partial charge < -0.3 is 10.1 Å². The van der Waals surface area contributed by atoms with Gasteiger partial charge in [0.15, 0.2) is 0 Å². The summed E-state index contributed by atoms with van der Waals surface area (Å²) in [7, 11) is 0. The Morgan fingerprint density at radius 1 is 1.20 bits per heavy atom. The van der Waals surface area contributed by atoms with E-state index in [1.54, 1.807) is 0 Å². The lowest BCUT2D eigenvalue weighted by atomic mass is 9.91. The number of ether oxygens (including phenoxy) is 1. The van der Waals surface area contributed by atoms with Crippen LogP contribution in [0.15, 0.2) is 18.2 Å². The van der Waals surface area contributed by atoms with E-state index in [9.17, 15) is 0 Å². The first-order valence-electron chi connectivity index (χ1n) is 7.96. The number of fused-ring (bicyclic) bond motifs is 1. The quantitative estimate of drug-likeness (QED) is 0.917. The second-order valence-electron chi connectivity index (χ2n) is 6.29. The minimum atomic E-state index is 0.532. The fourth-order valence-electron chi connectivity index (χ4n) is 3.54. The number of benzene rings is 1. The Balaban J connectivity index is 1.86. The summed E-state index contributed by atoms with van der Waals surface area (Å²) in [5.74, 6) is 1.73. The molecule has 3 rings (SSSR count). The Morgan fingerprint density at radius 3 is 2.75 bits per heavy atom. The fraction of sp³-hybridized carbons (Fsp3) is 0.647. The number of piperazine rings is 1. The molecule has 1 atom stereocenters. The Kier molecular flexibility index (Phi) is 4.27. The zero-order chi connectivity index (χ0) is 13.9. The topological polar surface area (TPSA) is 24.5 Å². The van der Waals surface area contributed by atoms with Crippen LogP contribution < -0.4 is 10.1 Å². The molecule has 0 bridgehead atoms. The minimum Gasteiger partial charge on any atom is -0.493 e. The molecule has 2 aliphatic rings. The minimum absolute atomic E-state index is 0.532. The molecule has 3 heteroatoms. The Morgan fingerprint density at radius 2 is 2.00 bits per heavy atom. The second-order valence-corrected chi connectivity index (χ2v) is 6.29. The van der Waals surface area contributed by atoms with Gasteiger partial charge in [-0.1, -0.05) is 26.0 Å². The summed E-state index contributed by atoms with van der Waals surface area (Å²) >= 11 is 0. The van der Waals surface area contributed by atoms with Crippen molar-refractivity contribution in [1.29, 1.82) is 0 Å². The van der Waals surface area contributed by atoms with Gasteiger partial charge in [-0.2, -0.15) is 0 Å². The van der Waals surface area contributed by atoms with Crippen LogP contribution in [0.25, 0.3) is 0 Å². The summed E-state index contributed by atoms with van der Waals surface area (Å²) < 4.78 is 5.74. The van der Waals surface area contributed by atoms with Crippen molar-refractivity contribution < 1.29 is 4.74 Å². The largest absolute Gasteiger partial charge is 0.493 e. The molecule has 2 aliphatic heterocycles. The number of hydrogen-bond acceptors (Lipinski definition) is 3. The number of rotatable bonds is 3. The third-order valence-corrected chi connectivity index (χ3v) is 4.45. The predicted molar refractivity (Wildman–Crippen MR) is 82.3 cm³/mol. The summed E-state index contributed by atoms with van der Waals surface area (Å²) in [4.78, 5) is 2.63. The SMILES string of the molecule is CC(C)C(c1ccc2c(c1)CCCO2)N1CCNCC1. The van der Waals surface area contributed by atoms with E-state index < -0.39 is 0 Å². The van der Waals surface area contributed by atoms with Gasteiger partial charge in [0.25, 0.3) is 0 Å². The van der Waals surface area contributed by atoms with Gasteiger partial charge in [-0.15, -0.1) is 0 Å². The van der Waals surface area contributed by atoms with Gasteiger partial charge in [-0.05, 0) is 36.0 Å². The fourth-order valence-corrected chi connectivity index (χ4v) is 3.54. The summed E-state index contributed by atoms with van der Waals surface area (Å²) in [5, 5.41) is 3.45. The molecule has 1 aromatic carbocycles. The lowest BCUT2D eigenvalue weighted by Gasteiger charge is -2.38. The third-order valence-electron chi connectivity index (χ3n) is 4.45. The monoisotopic (exact) mass is 274 g/mol. The molecule has 0 radical (unpaired) electrons. The maximum atomic E-state index is 5.74. The van der Waals surface area contributed by atoms with Crippen molar-refractivity contribution in [1.82, 2.24) is 10.2 Å². The average molecular weight is 274 g/mol. The van der Waals surface area contributed by atoms with Crippen LogP contribution in [-0.4, -0.2) is 37.7 Å². The molecule has 0 spiro atoms. The molecule has 1 saturated heterocycles.